The van der Waals surface area contributed by atoms with E-state index in [0.29, 0.717) is 25.9 Å². The number of hydrogen-bond acceptors (Lipinski definition) is 4. The Morgan fingerprint density at radius 2 is 1.90 bits per heavy atom. The van der Waals surface area contributed by atoms with Crippen molar-refractivity contribution in [1.29, 1.82) is 0 Å². The summed E-state index contributed by atoms with van der Waals surface area (Å²) in [5.74, 6) is -1.32. The first-order valence-corrected chi connectivity index (χ1v) is 7.20. The van der Waals surface area contributed by atoms with E-state index >= 15 is 0 Å². The highest BCUT2D eigenvalue weighted by Crippen LogP contribution is 2.28. The molecule has 7 heteroatoms. The first-order chi connectivity index (χ1) is 10.0. The van der Waals surface area contributed by atoms with Gasteiger partial charge in [-0.05, 0) is 25.0 Å². The minimum atomic E-state index is -0.660. The van der Waals surface area contributed by atoms with Crippen LogP contribution in [-0.2, 0) is 4.74 Å². The number of piperidine rings is 1. The Bertz CT molecular complexity index is 497. The van der Waals surface area contributed by atoms with E-state index in [1.54, 1.807) is 4.90 Å². The van der Waals surface area contributed by atoms with Crippen molar-refractivity contribution in [2.45, 2.75) is 18.9 Å². The molecule has 1 fully saturated rings. The fourth-order valence-corrected chi connectivity index (χ4v) is 2.59. The van der Waals surface area contributed by atoms with Gasteiger partial charge >= 0.3 is 0 Å². The third-order valence-electron chi connectivity index (χ3n) is 3.50. The van der Waals surface area contributed by atoms with Crippen LogP contribution >= 0.6 is 12.2 Å². The first kappa shape index (κ1) is 16.1. The number of nitrogens with two attached hydrogens (primary N) is 1. The van der Waals surface area contributed by atoms with E-state index in [0.717, 1.165) is 12.1 Å². The molecule has 1 aromatic carbocycles. The molecule has 0 bridgehead atoms. The number of anilines is 1. The van der Waals surface area contributed by atoms with E-state index in [1.807, 2.05) is 0 Å². The Labute approximate surface area is 127 Å². The lowest BCUT2D eigenvalue weighted by molar-refractivity contribution is 0.0158. The van der Waals surface area contributed by atoms with Crippen LogP contribution in [0.25, 0.3) is 0 Å². The number of hydrogen-bond donors (Lipinski definition) is 2. The maximum Gasteiger partial charge on any atom is 0.150 e. The monoisotopic (exact) mass is 316 g/mol. The van der Waals surface area contributed by atoms with Crippen LogP contribution in [0.15, 0.2) is 12.1 Å². The van der Waals surface area contributed by atoms with Gasteiger partial charge in [-0.2, -0.15) is 0 Å². The van der Waals surface area contributed by atoms with E-state index < -0.39 is 11.6 Å². The van der Waals surface area contributed by atoms with E-state index in [1.165, 1.54) is 0 Å². The highest BCUT2D eigenvalue weighted by atomic mass is 32.1. The maximum atomic E-state index is 14.1. The molecule has 1 saturated heterocycles. The zero-order valence-corrected chi connectivity index (χ0v) is 12.3. The summed E-state index contributed by atoms with van der Waals surface area (Å²) < 4.78 is 33.6. The topological polar surface area (TPSA) is 58.7 Å². The van der Waals surface area contributed by atoms with E-state index in [4.69, 9.17) is 27.8 Å². The molecule has 1 aliphatic heterocycles. The lowest BCUT2D eigenvalue weighted by Crippen LogP contribution is -2.38. The van der Waals surface area contributed by atoms with Crippen molar-refractivity contribution in [1.82, 2.24) is 0 Å². The number of thiocarbonyl (C=S) groups is 1. The SMILES string of the molecule is NC(=S)c1cc(F)c(N2CCC(OCCO)CC2)c(F)c1. The largest absolute Gasteiger partial charge is 0.394 e. The summed E-state index contributed by atoms with van der Waals surface area (Å²) in [7, 11) is 0. The van der Waals surface area contributed by atoms with Crippen LogP contribution in [0.5, 0.6) is 0 Å². The molecule has 4 nitrogen and oxygen atoms in total. The van der Waals surface area contributed by atoms with Crippen LogP contribution in [0.4, 0.5) is 14.5 Å². The van der Waals surface area contributed by atoms with E-state index in [-0.39, 0.29) is 35.6 Å². The van der Waals surface area contributed by atoms with Crippen LogP contribution in [0.2, 0.25) is 0 Å². The first-order valence-electron chi connectivity index (χ1n) is 6.79. The molecule has 3 N–H and O–H groups in total. The van der Waals surface area contributed by atoms with Gasteiger partial charge in [0.25, 0.3) is 0 Å². The normalized spacial score (nSPS) is 16.2. The zero-order chi connectivity index (χ0) is 15.4. The molecule has 0 unspecified atom stereocenters. The highest BCUT2D eigenvalue weighted by molar-refractivity contribution is 7.80. The van der Waals surface area contributed by atoms with Crippen molar-refractivity contribution in [3.8, 4) is 0 Å². The molecular formula is C14H18F2N2O2S. The van der Waals surface area contributed by atoms with Crippen LogP contribution in [0.1, 0.15) is 18.4 Å². The molecule has 0 spiro atoms. The molecule has 1 aromatic rings. The number of aliphatic hydroxyl groups excluding tert-OH is 1. The van der Waals surface area contributed by atoms with Crippen molar-refractivity contribution in [3.05, 3.63) is 29.3 Å². The predicted octanol–water partition coefficient (Wildman–Crippen LogP) is 1.58. The molecular weight excluding hydrogens is 298 g/mol. The van der Waals surface area contributed by atoms with Gasteiger partial charge in [0.05, 0.1) is 19.3 Å². The second-order valence-corrected chi connectivity index (χ2v) is 5.37. The summed E-state index contributed by atoms with van der Waals surface area (Å²) in [6.07, 6.45) is 1.35. The molecule has 2 rings (SSSR count). The van der Waals surface area contributed by atoms with Gasteiger partial charge in [-0.15, -0.1) is 0 Å². The van der Waals surface area contributed by atoms with E-state index in [2.05, 4.69) is 0 Å². The Morgan fingerprint density at radius 3 is 2.38 bits per heavy atom. The van der Waals surface area contributed by atoms with Crippen molar-refractivity contribution in [2.24, 2.45) is 5.73 Å². The Balaban J connectivity index is 2.08. The standard InChI is InChI=1S/C14H18F2N2O2S/c15-11-7-9(14(17)21)8-12(16)13(11)18-3-1-10(2-4-18)20-6-5-19/h7-8,10,19H,1-6H2,(H2,17,21). The van der Waals surface area contributed by atoms with Gasteiger partial charge < -0.3 is 20.5 Å². The molecule has 0 aliphatic carbocycles. The molecule has 0 atom stereocenters. The van der Waals surface area contributed by atoms with Crippen molar-refractivity contribution >= 4 is 22.9 Å². The third kappa shape index (κ3) is 3.87. The number of ether oxygens (including phenoxy) is 1. The summed E-state index contributed by atoms with van der Waals surface area (Å²) >= 11 is 4.73. The van der Waals surface area contributed by atoms with Gasteiger partial charge in [-0.1, -0.05) is 12.2 Å². The summed E-state index contributed by atoms with van der Waals surface area (Å²) in [5, 5.41) is 8.72. The zero-order valence-electron chi connectivity index (χ0n) is 11.5. The van der Waals surface area contributed by atoms with Crippen molar-refractivity contribution < 1.29 is 18.6 Å². The third-order valence-corrected chi connectivity index (χ3v) is 3.74. The number of halogens is 2. The molecule has 0 radical (unpaired) electrons. The minimum Gasteiger partial charge on any atom is -0.394 e. The van der Waals surface area contributed by atoms with Gasteiger partial charge in [0.2, 0.25) is 0 Å². The summed E-state index contributed by atoms with van der Waals surface area (Å²) in [5.41, 5.74) is 5.53. The molecule has 1 aliphatic rings. The smallest absolute Gasteiger partial charge is 0.150 e. The summed E-state index contributed by atoms with van der Waals surface area (Å²) in [6.45, 7) is 1.26. The van der Waals surface area contributed by atoms with Crippen LogP contribution in [-0.4, -0.2) is 42.5 Å². The van der Waals surface area contributed by atoms with Gasteiger partial charge in [0, 0.05) is 18.7 Å². The quantitative estimate of drug-likeness (QED) is 0.808. The molecule has 1 heterocycles. The Kier molecular flexibility index (Phi) is 5.44. The summed E-state index contributed by atoms with van der Waals surface area (Å²) in [6, 6.07) is 2.32. The van der Waals surface area contributed by atoms with E-state index in [9.17, 15) is 8.78 Å². The average Bonchev–Trinajstić information content (AvgIpc) is 2.45. The second-order valence-electron chi connectivity index (χ2n) is 4.93. The number of nitrogens with zero attached hydrogens (tertiary/aromatic N) is 1. The number of aliphatic hydroxyl groups is 1. The van der Waals surface area contributed by atoms with Gasteiger partial charge in [0.15, 0.2) is 0 Å². The average molecular weight is 316 g/mol. The molecule has 0 amide bonds. The van der Waals surface area contributed by atoms with Crippen LogP contribution in [0.3, 0.4) is 0 Å². The van der Waals surface area contributed by atoms with Crippen molar-refractivity contribution in [3.63, 3.8) is 0 Å². The number of rotatable bonds is 5. The minimum absolute atomic E-state index is 0.0235. The van der Waals surface area contributed by atoms with Crippen LogP contribution in [0, 0.1) is 11.6 Å². The van der Waals surface area contributed by atoms with Crippen molar-refractivity contribution in [2.75, 3.05) is 31.2 Å². The molecule has 0 saturated carbocycles. The predicted molar refractivity (Wildman–Crippen MR) is 80.5 cm³/mol. The molecule has 0 aromatic heterocycles. The fraction of sp³-hybridized carbons (Fsp3) is 0.500. The number of benzene rings is 1. The van der Waals surface area contributed by atoms with Gasteiger partial charge in [-0.3, -0.25) is 0 Å². The lowest BCUT2D eigenvalue weighted by Gasteiger charge is -2.33. The fourth-order valence-electron chi connectivity index (χ4n) is 2.48. The Hall–Kier alpha value is -1.31. The summed E-state index contributed by atoms with van der Waals surface area (Å²) in [4.78, 5) is 1.63. The highest BCUT2D eigenvalue weighted by Gasteiger charge is 2.24. The van der Waals surface area contributed by atoms with Gasteiger partial charge in [0.1, 0.15) is 22.3 Å². The second kappa shape index (κ2) is 7.11. The Morgan fingerprint density at radius 1 is 1.33 bits per heavy atom. The maximum absolute atomic E-state index is 14.1. The van der Waals surface area contributed by atoms with Crippen LogP contribution < -0.4 is 10.6 Å². The van der Waals surface area contributed by atoms with Gasteiger partial charge in [-0.25, -0.2) is 8.78 Å². The molecule has 21 heavy (non-hydrogen) atoms. The lowest BCUT2D eigenvalue weighted by atomic mass is 10.1. The molecule has 116 valence electrons.